The summed E-state index contributed by atoms with van der Waals surface area (Å²) in [6, 6.07) is 10.3. The van der Waals surface area contributed by atoms with Crippen molar-refractivity contribution in [1.82, 2.24) is 10.3 Å². The van der Waals surface area contributed by atoms with Gasteiger partial charge < -0.3 is 4.42 Å². The highest BCUT2D eigenvalue weighted by Gasteiger charge is 2.23. The van der Waals surface area contributed by atoms with E-state index in [1.165, 1.54) is 5.56 Å². The summed E-state index contributed by atoms with van der Waals surface area (Å²) in [5, 5.41) is 11.8. The zero-order valence-corrected chi connectivity index (χ0v) is 17.9. The van der Waals surface area contributed by atoms with Crippen LogP contribution < -0.4 is 5.32 Å². The lowest BCUT2D eigenvalue weighted by molar-refractivity contribution is 0.0997. The van der Waals surface area contributed by atoms with Gasteiger partial charge in [0.2, 0.25) is 5.82 Å². The summed E-state index contributed by atoms with van der Waals surface area (Å²) in [7, 11) is 0. The van der Waals surface area contributed by atoms with Gasteiger partial charge in [0.15, 0.2) is 11.5 Å². The van der Waals surface area contributed by atoms with Crippen LogP contribution in [-0.2, 0) is 12.8 Å². The molecule has 2 aromatic carbocycles. The van der Waals surface area contributed by atoms with Gasteiger partial charge in [-0.1, -0.05) is 38.1 Å². The van der Waals surface area contributed by atoms with Gasteiger partial charge in [-0.3, -0.25) is 10.1 Å². The Hall–Kier alpha value is -3.41. The number of furan rings is 1. The van der Waals surface area contributed by atoms with E-state index in [-0.39, 0.29) is 17.5 Å². The van der Waals surface area contributed by atoms with Gasteiger partial charge in [-0.2, -0.15) is 0 Å². The highest BCUT2D eigenvalue weighted by atomic mass is 16.6. The highest BCUT2D eigenvalue weighted by Crippen LogP contribution is 2.32. The van der Waals surface area contributed by atoms with Crippen LogP contribution in [0.5, 0.6) is 0 Å². The molecule has 0 saturated carbocycles. The normalized spacial score (nSPS) is 11.2. The lowest BCUT2D eigenvalue weighted by Gasteiger charge is -2.09. The summed E-state index contributed by atoms with van der Waals surface area (Å²) < 4.78 is 10.9. The standard InChI is InChI=1S/C24H25N3O3/c1-6-16-9-10-17(7-2)19(12-16)20-23(27-30-26-20)25-24(28)22-15(5)18-11-8-13(3)14(4)21(18)29-22/h8-12H,6-7H2,1-5H3,(H,25,27,28). The van der Waals surface area contributed by atoms with Crippen molar-refractivity contribution < 1.29 is 13.8 Å². The first kappa shape index (κ1) is 19.9. The van der Waals surface area contributed by atoms with Crippen molar-refractivity contribution in [3.8, 4) is 11.3 Å². The predicted molar refractivity (Wildman–Crippen MR) is 117 cm³/mol. The molecule has 4 aromatic rings. The van der Waals surface area contributed by atoms with Crippen molar-refractivity contribution in [3.05, 3.63) is 63.9 Å². The van der Waals surface area contributed by atoms with Crippen LogP contribution in [0.2, 0.25) is 0 Å². The minimum absolute atomic E-state index is 0.269. The fourth-order valence-corrected chi connectivity index (χ4v) is 3.72. The summed E-state index contributed by atoms with van der Waals surface area (Å²) in [6.07, 6.45) is 1.74. The second-order valence-corrected chi connectivity index (χ2v) is 7.55. The van der Waals surface area contributed by atoms with Gasteiger partial charge in [0.25, 0.3) is 5.91 Å². The Kier molecular flexibility index (Phi) is 5.16. The number of carbonyl (C=O) groups excluding carboxylic acids is 1. The van der Waals surface area contributed by atoms with Crippen molar-refractivity contribution in [2.24, 2.45) is 0 Å². The maximum Gasteiger partial charge on any atom is 0.292 e. The van der Waals surface area contributed by atoms with Crippen molar-refractivity contribution in [3.63, 3.8) is 0 Å². The molecule has 0 fully saturated rings. The van der Waals surface area contributed by atoms with Crippen LogP contribution in [-0.4, -0.2) is 16.2 Å². The Morgan fingerprint density at radius 2 is 1.80 bits per heavy atom. The average Bonchev–Trinajstić information content (AvgIpc) is 3.34. The molecule has 0 aliphatic carbocycles. The van der Waals surface area contributed by atoms with E-state index in [2.05, 4.69) is 47.7 Å². The number of nitrogens with one attached hydrogen (secondary N) is 1. The molecule has 4 rings (SSSR count). The molecule has 6 nitrogen and oxygen atoms in total. The monoisotopic (exact) mass is 403 g/mol. The van der Waals surface area contributed by atoms with Gasteiger partial charge in [0, 0.05) is 16.5 Å². The third kappa shape index (κ3) is 3.28. The van der Waals surface area contributed by atoms with Gasteiger partial charge >= 0.3 is 0 Å². The molecule has 2 aromatic heterocycles. The number of amides is 1. The van der Waals surface area contributed by atoms with E-state index in [4.69, 9.17) is 9.05 Å². The molecule has 154 valence electrons. The minimum Gasteiger partial charge on any atom is -0.450 e. The van der Waals surface area contributed by atoms with Gasteiger partial charge in [0.1, 0.15) is 5.58 Å². The SMILES string of the molecule is CCc1ccc(CC)c(-c2nonc2NC(=O)c2oc3c(C)c(C)ccc3c2C)c1. The summed E-state index contributed by atoms with van der Waals surface area (Å²) >= 11 is 0. The topological polar surface area (TPSA) is 81.2 Å². The Labute approximate surface area is 175 Å². The van der Waals surface area contributed by atoms with Crippen LogP contribution in [0.1, 0.15) is 52.2 Å². The second-order valence-electron chi connectivity index (χ2n) is 7.55. The molecule has 0 aliphatic heterocycles. The number of aromatic nitrogens is 2. The molecule has 30 heavy (non-hydrogen) atoms. The number of nitrogens with zero attached hydrogens (tertiary/aromatic N) is 2. The summed E-state index contributed by atoms with van der Waals surface area (Å²) in [6.45, 7) is 10.1. The predicted octanol–water partition coefficient (Wildman–Crippen LogP) is 5.79. The smallest absolute Gasteiger partial charge is 0.292 e. The van der Waals surface area contributed by atoms with Gasteiger partial charge in [-0.15, -0.1) is 0 Å². The largest absolute Gasteiger partial charge is 0.450 e. The Morgan fingerprint density at radius 3 is 2.53 bits per heavy atom. The zero-order valence-electron chi connectivity index (χ0n) is 17.9. The molecule has 0 unspecified atom stereocenters. The molecule has 0 spiro atoms. The molecule has 0 radical (unpaired) electrons. The van der Waals surface area contributed by atoms with Gasteiger partial charge in [-0.05, 0) is 72.2 Å². The second kappa shape index (κ2) is 7.78. The van der Waals surface area contributed by atoms with Crippen LogP contribution in [0.25, 0.3) is 22.2 Å². The van der Waals surface area contributed by atoms with E-state index in [9.17, 15) is 4.79 Å². The fourth-order valence-electron chi connectivity index (χ4n) is 3.72. The fraction of sp³-hybridized carbons (Fsp3) is 0.292. The van der Waals surface area contributed by atoms with Gasteiger partial charge in [0.05, 0.1) is 0 Å². The zero-order chi connectivity index (χ0) is 21.4. The Bertz CT molecular complexity index is 1250. The molecular weight excluding hydrogens is 378 g/mol. The van der Waals surface area contributed by atoms with E-state index in [1.54, 1.807) is 0 Å². The van der Waals surface area contributed by atoms with E-state index < -0.39 is 0 Å². The van der Waals surface area contributed by atoms with Crippen molar-refractivity contribution in [2.45, 2.75) is 47.5 Å². The number of aryl methyl sites for hydroxylation is 5. The minimum atomic E-state index is -0.373. The number of carbonyl (C=O) groups is 1. The Balaban J connectivity index is 1.72. The highest BCUT2D eigenvalue weighted by molar-refractivity contribution is 6.07. The van der Waals surface area contributed by atoms with Crippen LogP contribution in [0.4, 0.5) is 5.82 Å². The molecule has 0 atom stereocenters. The molecule has 6 heteroatoms. The molecule has 0 aliphatic rings. The van der Waals surface area contributed by atoms with Crippen molar-refractivity contribution >= 4 is 22.7 Å². The lowest BCUT2D eigenvalue weighted by Crippen LogP contribution is -2.13. The maximum atomic E-state index is 13.0. The van der Waals surface area contributed by atoms with Gasteiger partial charge in [-0.25, -0.2) is 4.63 Å². The first-order chi connectivity index (χ1) is 14.4. The summed E-state index contributed by atoms with van der Waals surface area (Å²) in [5.41, 5.74) is 7.42. The van der Waals surface area contributed by atoms with Crippen molar-refractivity contribution in [1.29, 1.82) is 0 Å². The molecule has 1 amide bonds. The Morgan fingerprint density at radius 1 is 1.00 bits per heavy atom. The third-order valence-electron chi connectivity index (χ3n) is 5.77. The average molecular weight is 403 g/mol. The summed E-state index contributed by atoms with van der Waals surface area (Å²) in [4.78, 5) is 13.0. The third-order valence-corrected chi connectivity index (χ3v) is 5.77. The number of hydrogen-bond donors (Lipinski definition) is 1. The van der Waals surface area contributed by atoms with Crippen LogP contribution in [0.15, 0.2) is 39.4 Å². The maximum absolute atomic E-state index is 13.0. The van der Waals surface area contributed by atoms with E-state index in [0.29, 0.717) is 5.69 Å². The number of fused-ring (bicyclic) bond motifs is 1. The molecule has 0 saturated heterocycles. The van der Waals surface area contributed by atoms with E-state index in [1.807, 2.05) is 32.9 Å². The molecule has 0 bridgehead atoms. The van der Waals surface area contributed by atoms with E-state index >= 15 is 0 Å². The summed E-state index contributed by atoms with van der Waals surface area (Å²) in [5.74, 6) is 0.184. The quantitative estimate of drug-likeness (QED) is 0.456. The first-order valence-electron chi connectivity index (χ1n) is 10.2. The number of rotatable bonds is 5. The number of anilines is 1. The van der Waals surface area contributed by atoms with Crippen molar-refractivity contribution in [2.75, 3.05) is 5.32 Å². The van der Waals surface area contributed by atoms with Crippen LogP contribution >= 0.6 is 0 Å². The molecular formula is C24H25N3O3. The molecule has 1 N–H and O–H groups in total. The number of hydrogen-bond acceptors (Lipinski definition) is 5. The lowest BCUT2D eigenvalue weighted by atomic mass is 9.98. The molecule has 2 heterocycles. The number of benzene rings is 2. The van der Waals surface area contributed by atoms with E-state index in [0.717, 1.165) is 51.6 Å². The van der Waals surface area contributed by atoms with Crippen LogP contribution in [0, 0.1) is 20.8 Å². The first-order valence-corrected chi connectivity index (χ1v) is 10.2. The van der Waals surface area contributed by atoms with Crippen LogP contribution in [0.3, 0.4) is 0 Å².